The van der Waals surface area contributed by atoms with Gasteiger partial charge in [-0.3, -0.25) is 4.79 Å². The van der Waals surface area contributed by atoms with Gasteiger partial charge in [-0.05, 0) is 24.0 Å². The van der Waals surface area contributed by atoms with E-state index in [1.54, 1.807) is 11.9 Å². The minimum Gasteiger partial charge on any atom is -0.396 e. The minimum atomic E-state index is -0.306. The molecule has 0 aliphatic rings. The number of rotatable bonds is 5. The molecule has 3 heteroatoms. The summed E-state index contributed by atoms with van der Waals surface area (Å²) < 4.78 is 0. The molecule has 100 valence electrons. The Morgan fingerprint density at radius 3 is 2.44 bits per heavy atom. The van der Waals surface area contributed by atoms with Crippen LogP contribution in [0.25, 0.3) is 0 Å². The van der Waals surface area contributed by atoms with E-state index in [1.807, 2.05) is 45.0 Å². The fourth-order valence-electron chi connectivity index (χ4n) is 1.98. The zero-order valence-electron chi connectivity index (χ0n) is 11.7. The van der Waals surface area contributed by atoms with Crippen LogP contribution < -0.4 is 0 Å². The Hall–Kier alpha value is -1.35. The second kappa shape index (κ2) is 6.55. The van der Waals surface area contributed by atoms with Crippen molar-refractivity contribution in [2.75, 3.05) is 13.7 Å². The zero-order valence-corrected chi connectivity index (χ0v) is 11.7. The third-order valence-corrected chi connectivity index (χ3v) is 3.36. The Balaban J connectivity index is 2.74. The summed E-state index contributed by atoms with van der Waals surface area (Å²) in [7, 11) is 1.79. The van der Waals surface area contributed by atoms with Gasteiger partial charge in [-0.2, -0.15) is 0 Å². The van der Waals surface area contributed by atoms with Crippen LogP contribution in [-0.4, -0.2) is 29.6 Å². The molecule has 1 aromatic rings. The molecule has 0 aliphatic heterocycles. The fraction of sp³-hybridized carbons (Fsp3) is 0.533. The second-order valence-electron chi connectivity index (χ2n) is 5.15. The van der Waals surface area contributed by atoms with E-state index in [0.29, 0.717) is 6.54 Å². The molecule has 0 aromatic heterocycles. The molecule has 0 aliphatic carbocycles. The summed E-state index contributed by atoms with van der Waals surface area (Å²) in [6.45, 7) is 6.46. The summed E-state index contributed by atoms with van der Waals surface area (Å²) >= 11 is 0. The van der Waals surface area contributed by atoms with Crippen LogP contribution in [0.1, 0.15) is 25.0 Å². The number of hydrogen-bond acceptors (Lipinski definition) is 2. The van der Waals surface area contributed by atoms with Crippen LogP contribution in [0.4, 0.5) is 0 Å². The molecule has 1 unspecified atom stereocenters. The molecule has 0 bridgehead atoms. The lowest BCUT2D eigenvalue weighted by molar-refractivity contribution is -0.137. The molecular weight excluding hydrogens is 226 g/mol. The van der Waals surface area contributed by atoms with Crippen LogP contribution >= 0.6 is 0 Å². The van der Waals surface area contributed by atoms with Crippen LogP contribution in [0.3, 0.4) is 0 Å². The third-order valence-electron chi connectivity index (χ3n) is 3.36. The van der Waals surface area contributed by atoms with E-state index in [4.69, 9.17) is 0 Å². The van der Waals surface area contributed by atoms with Crippen molar-refractivity contribution in [2.24, 2.45) is 11.8 Å². The van der Waals surface area contributed by atoms with Crippen LogP contribution in [0.2, 0.25) is 0 Å². The van der Waals surface area contributed by atoms with Crippen molar-refractivity contribution in [1.82, 2.24) is 4.90 Å². The molecule has 18 heavy (non-hydrogen) atoms. The van der Waals surface area contributed by atoms with Gasteiger partial charge in [0.05, 0.1) is 12.5 Å². The van der Waals surface area contributed by atoms with Gasteiger partial charge in [-0.15, -0.1) is 0 Å². The van der Waals surface area contributed by atoms with Crippen LogP contribution in [0, 0.1) is 18.8 Å². The lowest BCUT2D eigenvalue weighted by Crippen LogP contribution is -2.37. The fourth-order valence-corrected chi connectivity index (χ4v) is 1.98. The topological polar surface area (TPSA) is 40.5 Å². The van der Waals surface area contributed by atoms with Crippen molar-refractivity contribution >= 4 is 5.91 Å². The molecule has 0 spiro atoms. The van der Waals surface area contributed by atoms with Crippen LogP contribution in [0.5, 0.6) is 0 Å². The van der Waals surface area contributed by atoms with E-state index in [0.717, 1.165) is 5.56 Å². The number of carbonyl (C=O) groups excluding carboxylic acids is 1. The average molecular weight is 249 g/mol. The van der Waals surface area contributed by atoms with Crippen LogP contribution in [-0.2, 0) is 11.3 Å². The van der Waals surface area contributed by atoms with E-state index in [2.05, 4.69) is 0 Å². The Morgan fingerprint density at radius 2 is 1.94 bits per heavy atom. The molecule has 0 fully saturated rings. The number of aliphatic hydroxyl groups is 1. The van der Waals surface area contributed by atoms with Crippen molar-refractivity contribution in [3.63, 3.8) is 0 Å². The summed E-state index contributed by atoms with van der Waals surface area (Å²) in [5.41, 5.74) is 2.33. The Labute approximate surface area is 109 Å². The molecule has 0 saturated carbocycles. The quantitative estimate of drug-likeness (QED) is 0.869. The molecule has 1 aromatic carbocycles. The predicted molar refractivity (Wildman–Crippen MR) is 73.1 cm³/mol. The third kappa shape index (κ3) is 3.57. The van der Waals surface area contributed by atoms with Crippen molar-refractivity contribution in [3.05, 3.63) is 35.4 Å². The first-order valence-corrected chi connectivity index (χ1v) is 6.37. The predicted octanol–water partition coefficient (Wildman–Crippen LogP) is 2.22. The number of nitrogens with zero attached hydrogens (tertiary/aromatic N) is 1. The van der Waals surface area contributed by atoms with Gasteiger partial charge in [0.1, 0.15) is 0 Å². The maximum atomic E-state index is 12.2. The standard InChI is InChI=1S/C15H23NO2/c1-11(2)14(10-17)15(18)16(4)9-13-8-6-5-7-12(13)3/h5-8,11,14,17H,9-10H2,1-4H3. The largest absolute Gasteiger partial charge is 0.396 e. The van der Waals surface area contributed by atoms with Gasteiger partial charge in [0.2, 0.25) is 5.91 Å². The summed E-state index contributed by atoms with van der Waals surface area (Å²) in [5.74, 6) is -0.142. The maximum absolute atomic E-state index is 12.2. The van der Waals surface area contributed by atoms with E-state index in [9.17, 15) is 9.90 Å². The van der Waals surface area contributed by atoms with Gasteiger partial charge >= 0.3 is 0 Å². The molecule has 3 nitrogen and oxygen atoms in total. The zero-order chi connectivity index (χ0) is 13.7. The number of hydrogen-bond donors (Lipinski definition) is 1. The maximum Gasteiger partial charge on any atom is 0.228 e. The molecule has 0 radical (unpaired) electrons. The average Bonchev–Trinajstić information content (AvgIpc) is 2.32. The number of benzene rings is 1. The first-order valence-electron chi connectivity index (χ1n) is 6.37. The smallest absolute Gasteiger partial charge is 0.228 e. The van der Waals surface area contributed by atoms with E-state index < -0.39 is 0 Å². The molecule has 1 amide bonds. The van der Waals surface area contributed by atoms with Gasteiger partial charge in [-0.25, -0.2) is 0 Å². The van der Waals surface area contributed by atoms with Gasteiger partial charge in [0.15, 0.2) is 0 Å². The highest BCUT2D eigenvalue weighted by atomic mass is 16.3. The molecule has 1 N–H and O–H groups in total. The normalized spacial score (nSPS) is 12.6. The monoisotopic (exact) mass is 249 g/mol. The van der Waals surface area contributed by atoms with E-state index in [1.165, 1.54) is 5.56 Å². The van der Waals surface area contributed by atoms with Gasteiger partial charge < -0.3 is 10.0 Å². The first kappa shape index (κ1) is 14.7. The van der Waals surface area contributed by atoms with Gasteiger partial charge in [-0.1, -0.05) is 38.1 Å². The second-order valence-corrected chi connectivity index (χ2v) is 5.15. The minimum absolute atomic E-state index is 0.00996. The number of amides is 1. The lowest BCUT2D eigenvalue weighted by atomic mass is 9.95. The number of aryl methyl sites for hydroxylation is 1. The van der Waals surface area contributed by atoms with Gasteiger partial charge in [0, 0.05) is 13.6 Å². The summed E-state index contributed by atoms with van der Waals surface area (Å²) in [5, 5.41) is 9.29. The Kier molecular flexibility index (Phi) is 5.35. The molecule has 1 atom stereocenters. The van der Waals surface area contributed by atoms with Crippen molar-refractivity contribution in [1.29, 1.82) is 0 Å². The molecule has 1 rings (SSSR count). The van der Waals surface area contributed by atoms with E-state index >= 15 is 0 Å². The summed E-state index contributed by atoms with van der Waals surface area (Å²) in [4.78, 5) is 13.9. The highest BCUT2D eigenvalue weighted by molar-refractivity contribution is 5.79. The van der Waals surface area contributed by atoms with Crippen molar-refractivity contribution < 1.29 is 9.90 Å². The molecule has 0 saturated heterocycles. The van der Waals surface area contributed by atoms with Crippen molar-refractivity contribution in [3.8, 4) is 0 Å². The SMILES string of the molecule is Cc1ccccc1CN(C)C(=O)C(CO)C(C)C. The summed E-state index contributed by atoms with van der Waals surface area (Å²) in [6, 6.07) is 8.04. The highest BCUT2D eigenvalue weighted by Gasteiger charge is 2.24. The van der Waals surface area contributed by atoms with Crippen molar-refractivity contribution in [2.45, 2.75) is 27.3 Å². The van der Waals surface area contributed by atoms with Gasteiger partial charge in [0.25, 0.3) is 0 Å². The first-order chi connectivity index (χ1) is 8.47. The Morgan fingerprint density at radius 1 is 1.33 bits per heavy atom. The molecule has 0 heterocycles. The Bertz CT molecular complexity index is 401. The number of carbonyl (C=O) groups is 1. The summed E-state index contributed by atoms with van der Waals surface area (Å²) in [6.07, 6.45) is 0. The number of aliphatic hydroxyl groups excluding tert-OH is 1. The lowest BCUT2D eigenvalue weighted by Gasteiger charge is -2.25. The van der Waals surface area contributed by atoms with E-state index in [-0.39, 0.29) is 24.3 Å². The molecular formula is C15H23NO2. The van der Waals surface area contributed by atoms with Crippen LogP contribution in [0.15, 0.2) is 24.3 Å². The highest BCUT2D eigenvalue weighted by Crippen LogP contribution is 2.16.